The maximum Gasteiger partial charge on any atom is 0.261 e. The Morgan fingerprint density at radius 2 is 1.82 bits per heavy atom. The van der Waals surface area contributed by atoms with Crippen molar-refractivity contribution in [3.63, 3.8) is 0 Å². The van der Waals surface area contributed by atoms with Crippen LogP contribution in [0.15, 0.2) is 40.3 Å². The Labute approximate surface area is 165 Å². The van der Waals surface area contributed by atoms with E-state index in [9.17, 15) is 13.2 Å². The molecule has 150 valence electrons. The molecule has 0 spiro atoms. The third-order valence-corrected chi connectivity index (χ3v) is 6.63. The van der Waals surface area contributed by atoms with Crippen LogP contribution in [0.1, 0.15) is 36.7 Å². The summed E-state index contributed by atoms with van der Waals surface area (Å²) in [6.45, 7) is 6.76. The van der Waals surface area contributed by atoms with Gasteiger partial charge in [-0.1, -0.05) is 12.1 Å². The van der Waals surface area contributed by atoms with Crippen molar-refractivity contribution in [2.24, 2.45) is 5.10 Å². The Balaban J connectivity index is 1.64. The number of sulfonamides is 1. The monoisotopic (exact) mass is 403 g/mol. The molecule has 2 heterocycles. The number of amides is 1. The van der Waals surface area contributed by atoms with E-state index in [0.29, 0.717) is 18.8 Å². The molecule has 9 heteroatoms. The Morgan fingerprint density at radius 3 is 2.39 bits per heavy atom. The summed E-state index contributed by atoms with van der Waals surface area (Å²) in [5, 5.41) is 8.36. The van der Waals surface area contributed by atoms with E-state index in [-0.39, 0.29) is 17.3 Å². The quantitative estimate of drug-likeness (QED) is 0.588. The molecule has 0 aliphatic carbocycles. The number of carbonyl (C=O) groups is 1. The lowest BCUT2D eigenvalue weighted by Gasteiger charge is -2.15. The maximum atomic E-state index is 12.6. The van der Waals surface area contributed by atoms with Gasteiger partial charge in [0, 0.05) is 18.8 Å². The first-order valence-corrected chi connectivity index (χ1v) is 10.7. The third-order valence-electron chi connectivity index (χ3n) is 4.72. The van der Waals surface area contributed by atoms with Gasteiger partial charge in [-0.15, -0.1) is 0 Å². The zero-order valence-electron chi connectivity index (χ0n) is 16.3. The molecule has 1 aliphatic rings. The minimum Gasteiger partial charge on any atom is -0.271 e. The Morgan fingerprint density at radius 1 is 1.18 bits per heavy atom. The van der Waals surface area contributed by atoms with Crippen molar-refractivity contribution in [1.29, 1.82) is 0 Å². The third kappa shape index (κ3) is 4.48. The zero-order chi connectivity index (χ0) is 20.3. The number of rotatable bonds is 6. The van der Waals surface area contributed by atoms with Gasteiger partial charge in [0.15, 0.2) is 0 Å². The molecule has 0 saturated carbocycles. The van der Waals surface area contributed by atoms with Crippen LogP contribution in [-0.4, -0.2) is 47.2 Å². The lowest BCUT2D eigenvalue weighted by Crippen LogP contribution is -2.27. The zero-order valence-corrected chi connectivity index (χ0v) is 17.2. The number of benzene rings is 1. The molecule has 1 N–H and O–H groups in total. The van der Waals surface area contributed by atoms with Gasteiger partial charge in [-0.3, -0.25) is 9.48 Å². The standard InChI is InChI=1S/C19H25N5O3S/c1-14-12-15(2)24(22-14)13-19(25)21-20-16(3)17-6-8-18(9-7-17)28(26,27)23-10-4-5-11-23/h6-9,12H,4-5,10-11,13H2,1-3H3,(H,21,25)/b20-16+. The second kappa shape index (κ2) is 8.24. The Hall–Kier alpha value is -2.52. The van der Waals surface area contributed by atoms with Crippen LogP contribution in [0.5, 0.6) is 0 Å². The first-order valence-electron chi connectivity index (χ1n) is 9.22. The van der Waals surface area contributed by atoms with Crippen LogP contribution in [-0.2, 0) is 21.4 Å². The van der Waals surface area contributed by atoms with Crippen molar-refractivity contribution in [2.75, 3.05) is 13.1 Å². The van der Waals surface area contributed by atoms with Crippen LogP contribution < -0.4 is 5.43 Å². The predicted octanol–water partition coefficient (Wildman–Crippen LogP) is 1.82. The number of aromatic nitrogens is 2. The minimum absolute atomic E-state index is 0.0868. The van der Waals surface area contributed by atoms with E-state index in [1.165, 1.54) is 4.31 Å². The molecule has 0 unspecified atom stereocenters. The van der Waals surface area contributed by atoms with Gasteiger partial charge < -0.3 is 0 Å². The summed E-state index contributed by atoms with van der Waals surface area (Å²) in [7, 11) is -3.43. The molecule has 1 saturated heterocycles. The van der Waals surface area contributed by atoms with E-state index in [1.807, 2.05) is 19.9 Å². The summed E-state index contributed by atoms with van der Waals surface area (Å²) >= 11 is 0. The van der Waals surface area contributed by atoms with Gasteiger partial charge in [-0.25, -0.2) is 13.8 Å². The number of aryl methyl sites for hydroxylation is 2. The average Bonchev–Trinajstić information content (AvgIpc) is 3.30. The Kier molecular flexibility index (Phi) is 5.95. The Bertz CT molecular complexity index is 987. The fraction of sp³-hybridized carbons (Fsp3) is 0.421. The average molecular weight is 404 g/mol. The molecule has 1 amide bonds. The van der Waals surface area contributed by atoms with Crippen molar-refractivity contribution in [3.8, 4) is 0 Å². The highest BCUT2D eigenvalue weighted by Gasteiger charge is 2.26. The molecule has 1 aromatic heterocycles. The second-order valence-electron chi connectivity index (χ2n) is 6.95. The first-order chi connectivity index (χ1) is 13.3. The molecule has 8 nitrogen and oxygen atoms in total. The van der Waals surface area contributed by atoms with Crippen molar-refractivity contribution < 1.29 is 13.2 Å². The van der Waals surface area contributed by atoms with Crippen LogP contribution in [0.2, 0.25) is 0 Å². The lowest BCUT2D eigenvalue weighted by atomic mass is 10.1. The molecule has 0 atom stereocenters. The fourth-order valence-corrected chi connectivity index (χ4v) is 4.68. The second-order valence-corrected chi connectivity index (χ2v) is 8.89. The smallest absolute Gasteiger partial charge is 0.261 e. The van der Waals surface area contributed by atoms with Gasteiger partial charge in [0.25, 0.3) is 5.91 Å². The molecule has 0 radical (unpaired) electrons. The SMILES string of the molecule is C/C(=N\NC(=O)Cn1nc(C)cc1C)c1ccc(S(=O)(=O)N2CCCC2)cc1. The van der Waals surface area contributed by atoms with Gasteiger partial charge in [-0.2, -0.15) is 14.5 Å². The van der Waals surface area contributed by atoms with Crippen LogP contribution >= 0.6 is 0 Å². The number of hydrazone groups is 1. The summed E-state index contributed by atoms with van der Waals surface area (Å²) in [5.74, 6) is -0.279. The van der Waals surface area contributed by atoms with E-state index in [1.54, 1.807) is 35.9 Å². The molecule has 28 heavy (non-hydrogen) atoms. The van der Waals surface area contributed by atoms with E-state index in [0.717, 1.165) is 29.8 Å². The van der Waals surface area contributed by atoms with Crippen molar-refractivity contribution in [3.05, 3.63) is 47.3 Å². The lowest BCUT2D eigenvalue weighted by molar-refractivity contribution is -0.121. The highest BCUT2D eigenvalue weighted by molar-refractivity contribution is 7.89. The number of nitrogens with one attached hydrogen (secondary N) is 1. The summed E-state index contributed by atoms with van der Waals surface area (Å²) < 4.78 is 28.3. The van der Waals surface area contributed by atoms with E-state index < -0.39 is 10.0 Å². The topological polar surface area (TPSA) is 96.7 Å². The van der Waals surface area contributed by atoms with Gasteiger partial charge in [0.1, 0.15) is 6.54 Å². The molecular formula is C19H25N5O3S. The summed E-state index contributed by atoms with van der Waals surface area (Å²) in [4.78, 5) is 12.4. The van der Waals surface area contributed by atoms with Gasteiger partial charge >= 0.3 is 0 Å². The normalized spacial score (nSPS) is 15.8. The molecule has 1 fully saturated rings. The van der Waals surface area contributed by atoms with Crippen LogP contribution in [0.4, 0.5) is 0 Å². The fourth-order valence-electron chi connectivity index (χ4n) is 3.16. The van der Waals surface area contributed by atoms with E-state index in [4.69, 9.17) is 0 Å². The van der Waals surface area contributed by atoms with E-state index in [2.05, 4.69) is 15.6 Å². The first kappa shape index (κ1) is 20.2. The van der Waals surface area contributed by atoms with Gasteiger partial charge in [0.05, 0.1) is 16.3 Å². The maximum absolute atomic E-state index is 12.6. The van der Waals surface area contributed by atoms with Crippen molar-refractivity contribution in [2.45, 2.75) is 45.1 Å². The number of nitrogens with zero attached hydrogens (tertiary/aromatic N) is 4. The van der Waals surface area contributed by atoms with Crippen molar-refractivity contribution >= 4 is 21.6 Å². The van der Waals surface area contributed by atoms with Crippen LogP contribution in [0.25, 0.3) is 0 Å². The number of hydrogen-bond donors (Lipinski definition) is 1. The van der Waals surface area contributed by atoms with E-state index >= 15 is 0 Å². The molecule has 3 rings (SSSR count). The molecule has 0 bridgehead atoms. The predicted molar refractivity (Wildman–Crippen MR) is 106 cm³/mol. The number of hydrogen-bond acceptors (Lipinski definition) is 5. The van der Waals surface area contributed by atoms with Crippen LogP contribution in [0.3, 0.4) is 0 Å². The minimum atomic E-state index is -3.43. The summed E-state index contributed by atoms with van der Waals surface area (Å²) in [6.07, 6.45) is 1.81. The molecule has 1 aliphatic heterocycles. The summed E-state index contributed by atoms with van der Waals surface area (Å²) in [6, 6.07) is 8.48. The molecule has 1 aromatic carbocycles. The molecule has 2 aromatic rings. The summed E-state index contributed by atoms with van der Waals surface area (Å²) in [5.41, 5.74) is 5.61. The van der Waals surface area contributed by atoms with Gasteiger partial charge in [0.2, 0.25) is 10.0 Å². The highest BCUT2D eigenvalue weighted by Crippen LogP contribution is 2.21. The molecular weight excluding hydrogens is 378 g/mol. The highest BCUT2D eigenvalue weighted by atomic mass is 32.2. The van der Waals surface area contributed by atoms with Gasteiger partial charge in [-0.05, 0) is 57.4 Å². The number of carbonyl (C=O) groups excluding carboxylic acids is 1. The van der Waals surface area contributed by atoms with Crippen molar-refractivity contribution in [1.82, 2.24) is 19.5 Å². The van der Waals surface area contributed by atoms with Crippen LogP contribution in [0, 0.1) is 13.8 Å². The largest absolute Gasteiger partial charge is 0.271 e.